The van der Waals surface area contributed by atoms with Crippen molar-refractivity contribution in [3.63, 3.8) is 0 Å². The molecule has 2 heterocycles. The van der Waals surface area contributed by atoms with Gasteiger partial charge in [0.2, 0.25) is 5.91 Å². The fourth-order valence-corrected chi connectivity index (χ4v) is 4.07. The van der Waals surface area contributed by atoms with Crippen LogP contribution in [0.5, 0.6) is 0 Å². The van der Waals surface area contributed by atoms with Gasteiger partial charge in [0.05, 0.1) is 0 Å². The Labute approximate surface area is 156 Å². The van der Waals surface area contributed by atoms with Gasteiger partial charge >= 0.3 is 0 Å². The molecule has 2 aliphatic rings. The van der Waals surface area contributed by atoms with Crippen LogP contribution in [0.4, 0.5) is 11.4 Å². The van der Waals surface area contributed by atoms with E-state index in [1.165, 1.54) is 22.5 Å². The molecule has 4 nitrogen and oxygen atoms in total. The number of piperazine rings is 1. The lowest BCUT2D eigenvalue weighted by Crippen LogP contribution is -2.49. The fourth-order valence-electron chi connectivity index (χ4n) is 4.07. The Bertz CT molecular complexity index is 780. The summed E-state index contributed by atoms with van der Waals surface area (Å²) < 4.78 is 0. The molecule has 1 fully saturated rings. The summed E-state index contributed by atoms with van der Waals surface area (Å²) in [6.45, 7) is 7.47. The molecule has 4 rings (SSSR count). The molecule has 0 aliphatic carbocycles. The highest BCUT2D eigenvalue weighted by atomic mass is 16.2. The molecule has 4 heteroatoms. The number of nitrogens with zero attached hydrogens (tertiary/aromatic N) is 3. The van der Waals surface area contributed by atoms with Crippen LogP contribution in [0.25, 0.3) is 0 Å². The minimum Gasteiger partial charge on any atom is -0.370 e. The maximum absolute atomic E-state index is 12.6. The molecular formula is C22H27N3O. The second-order valence-electron chi connectivity index (χ2n) is 7.32. The van der Waals surface area contributed by atoms with Crippen molar-refractivity contribution < 1.29 is 4.79 Å². The van der Waals surface area contributed by atoms with Crippen LogP contribution < -0.4 is 9.80 Å². The molecule has 0 saturated carbocycles. The third-order valence-corrected chi connectivity index (χ3v) is 5.58. The Kier molecular flexibility index (Phi) is 4.83. The monoisotopic (exact) mass is 349 g/mol. The normalized spacial score (nSPS) is 16.7. The van der Waals surface area contributed by atoms with Gasteiger partial charge in [-0.05, 0) is 42.7 Å². The maximum atomic E-state index is 12.6. The van der Waals surface area contributed by atoms with Gasteiger partial charge in [0.25, 0.3) is 0 Å². The molecule has 1 saturated heterocycles. The highest BCUT2D eigenvalue weighted by molar-refractivity contribution is 5.77. The first-order valence-corrected chi connectivity index (χ1v) is 9.63. The largest absolute Gasteiger partial charge is 0.370 e. The summed E-state index contributed by atoms with van der Waals surface area (Å²) in [6, 6.07) is 17.2. The van der Waals surface area contributed by atoms with Crippen LogP contribution in [0.1, 0.15) is 17.5 Å². The third-order valence-electron chi connectivity index (χ3n) is 5.58. The molecule has 0 radical (unpaired) electrons. The highest BCUT2D eigenvalue weighted by Gasteiger charge is 2.23. The molecule has 2 aliphatic heterocycles. The number of benzene rings is 2. The van der Waals surface area contributed by atoms with E-state index in [-0.39, 0.29) is 0 Å². The molecule has 136 valence electrons. The van der Waals surface area contributed by atoms with Gasteiger partial charge in [-0.3, -0.25) is 4.79 Å². The Morgan fingerprint density at radius 2 is 1.77 bits per heavy atom. The van der Waals surface area contributed by atoms with Gasteiger partial charge in [0.1, 0.15) is 0 Å². The van der Waals surface area contributed by atoms with Crippen molar-refractivity contribution in [2.24, 2.45) is 0 Å². The molecule has 0 aromatic heterocycles. The predicted octanol–water partition coefficient (Wildman–Crippen LogP) is 3.10. The van der Waals surface area contributed by atoms with Crippen molar-refractivity contribution in [1.29, 1.82) is 0 Å². The molecule has 2 aromatic rings. The van der Waals surface area contributed by atoms with Gasteiger partial charge in [0, 0.05) is 57.1 Å². The van der Waals surface area contributed by atoms with Crippen LogP contribution in [-0.2, 0) is 11.2 Å². The zero-order valence-corrected chi connectivity index (χ0v) is 15.5. The third kappa shape index (κ3) is 3.55. The van der Waals surface area contributed by atoms with Crippen molar-refractivity contribution in [2.75, 3.05) is 49.1 Å². The van der Waals surface area contributed by atoms with E-state index in [1.54, 1.807) is 0 Å². The van der Waals surface area contributed by atoms with Crippen LogP contribution in [0.2, 0.25) is 0 Å². The molecular weight excluding hydrogens is 322 g/mol. The van der Waals surface area contributed by atoms with Gasteiger partial charge in [-0.15, -0.1) is 0 Å². The SMILES string of the molecule is Cc1cccc(N2CCN(C(=O)CCN3CCc4ccccc43)CC2)c1. The molecule has 1 amide bonds. The molecule has 0 N–H and O–H groups in total. The van der Waals surface area contributed by atoms with Crippen molar-refractivity contribution in [3.05, 3.63) is 59.7 Å². The van der Waals surface area contributed by atoms with E-state index >= 15 is 0 Å². The number of anilines is 2. The van der Waals surface area contributed by atoms with Gasteiger partial charge in [-0.25, -0.2) is 0 Å². The van der Waals surface area contributed by atoms with Gasteiger partial charge in [0.15, 0.2) is 0 Å². The molecule has 0 unspecified atom stereocenters. The Morgan fingerprint density at radius 1 is 0.962 bits per heavy atom. The first kappa shape index (κ1) is 17.0. The van der Waals surface area contributed by atoms with Crippen LogP contribution in [0, 0.1) is 6.92 Å². The summed E-state index contributed by atoms with van der Waals surface area (Å²) >= 11 is 0. The number of fused-ring (bicyclic) bond motifs is 1. The number of carbonyl (C=O) groups is 1. The standard InChI is InChI=1S/C22H27N3O/c1-18-5-4-7-20(17-18)23-13-15-25(16-14-23)22(26)10-12-24-11-9-19-6-2-3-8-21(19)24/h2-8,17H,9-16H2,1H3. The van der Waals surface area contributed by atoms with Crippen LogP contribution in [0.15, 0.2) is 48.5 Å². The van der Waals surface area contributed by atoms with Crippen molar-refractivity contribution >= 4 is 17.3 Å². The zero-order chi connectivity index (χ0) is 17.9. The van der Waals surface area contributed by atoms with Crippen molar-refractivity contribution in [2.45, 2.75) is 19.8 Å². The van der Waals surface area contributed by atoms with Gasteiger partial charge in [-0.2, -0.15) is 0 Å². The minimum atomic E-state index is 0.290. The molecule has 2 aromatic carbocycles. The lowest BCUT2D eigenvalue weighted by molar-refractivity contribution is -0.131. The van der Waals surface area contributed by atoms with E-state index in [0.29, 0.717) is 12.3 Å². The number of carbonyl (C=O) groups excluding carboxylic acids is 1. The zero-order valence-electron chi connectivity index (χ0n) is 15.5. The van der Waals surface area contributed by atoms with Crippen LogP contribution in [-0.4, -0.2) is 50.1 Å². The van der Waals surface area contributed by atoms with Crippen LogP contribution >= 0.6 is 0 Å². The molecule has 0 spiro atoms. The minimum absolute atomic E-state index is 0.290. The van der Waals surface area contributed by atoms with E-state index in [2.05, 4.69) is 65.3 Å². The topological polar surface area (TPSA) is 26.8 Å². The maximum Gasteiger partial charge on any atom is 0.224 e. The van der Waals surface area contributed by atoms with Crippen molar-refractivity contribution in [1.82, 2.24) is 4.90 Å². The van der Waals surface area contributed by atoms with Gasteiger partial charge < -0.3 is 14.7 Å². The molecule has 0 bridgehead atoms. The van der Waals surface area contributed by atoms with E-state index in [4.69, 9.17) is 0 Å². The Hall–Kier alpha value is -2.49. The predicted molar refractivity (Wildman–Crippen MR) is 107 cm³/mol. The first-order chi connectivity index (χ1) is 12.7. The molecule has 0 atom stereocenters. The van der Waals surface area contributed by atoms with Crippen LogP contribution in [0.3, 0.4) is 0 Å². The number of aryl methyl sites for hydroxylation is 1. The number of amides is 1. The lowest BCUT2D eigenvalue weighted by Gasteiger charge is -2.36. The first-order valence-electron chi connectivity index (χ1n) is 9.63. The smallest absolute Gasteiger partial charge is 0.224 e. The summed E-state index contributed by atoms with van der Waals surface area (Å²) in [7, 11) is 0. The average Bonchev–Trinajstić information content (AvgIpc) is 3.09. The summed E-state index contributed by atoms with van der Waals surface area (Å²) in [5.41, 5.74) is 5.27. The number of rotatable bonds is 4. The lowest BCUT2D eigenvalue weighted by atomic mass is 10.2. The van der Waals surface area contributed by atoms with Gasteiger partial charge in [-0.1, -0.05) is 30.3 Å². The van der Waals surface area contributed by atoms with E-state index in [0.717, 1.165) is 45.7 Å². The quantitative estimate of drug-likeness (QED) is 0.849. The Balaban J connectivity index is 1.28. The van der Waals surface area contributed by atoms with E-state index in [1.807, 2.05) is 4.90 Å². The summed E-state index contributed by atoms with van der Waals surface area (Å²) in [6.07, 6.45) is 1.71. The Morgan fingerprint density at radius 3 is 2.58 bits per heavy atom. The van der Waals surface area contributed by atoms with E-state index in [9.17, 15) is 4.79 Å². The number of hydrogen-bond acceptors (Lipinski definition) is 3. The molecule has 26 heavy (non-hydrogen) atoms. The second-order valence-corrected chi connectivity index (χ2v) is 7.32. The summed E-state index contributed by atoms with van der Waals surface area (Å²) in [4.78, 5) is 19.4. The number of para-hydroxylation sites is 1. The highest BCUT2D eigenvalue weighted by Crippen LogP contribution is 2.27. The van der Waals surface area contributed by atoms with E-state index < -0.39 is 0 Å². The fraction of sp³-hybridized carbons (Fsp3) is 0.409. The number of hydrogen-bond donors (Lipinski definition) is 0. The average molecular weight is 349 g/mol. The summed E-state index contributed by atoms with van der Waals surface area (Å²) in [5, 5.41) is 0. The second kappa shape index (κ2) is 7.40. The van der Waals surface area contributed by atoms with Crippen molar-refractivity contribution in [3.8, 4) is 0 Å². The summed E-state index contributed by atoms with van der Waals surface area (Å²) in [5.74, 6) is 0.290.